The van der Waals surface area contributed by atoms with Gasteiger partial charge < -0.3 is 9.80 Å². The van der Waals surface area contributed by atoms with Crippen molar-refractivity contribution in [3.8, 4) is 55.6 Å². The fourth-order valence-electron chi connectivity index (χ4n) is 11.6. The van der Waals surface area contributed by atoms with Gasteiger partial charge in [-0.15, -0.1) is 0 Å². The summed E-state index contributed by atoms with van der Waals surface area (Å²) in [5.41, 5.74) is 24.1. The maximum Gasteiger partial charge on any atom is 0.0464 e. The summed E-state index contributed by atoms with van der Waals surface area (Å²) in [7, 11) is 0. The lowest BCUT2D eigenvalue weighted by Gasteiger charge is -2.28. The van der Waals surface area contributed by atoms with Gasteiger partial charge >= 0.3 is 0 Å². The molecule has 0 saturated heterocycles. The third-order valence-corrected chi connectivity index (χ3v) is 15.8. The van der Waals surface area contributed by atoms with Crippen molar-refractivity contribution < 1.29 is 0 Å². The molecule has 384 valence electrons. The van der Waals surface area contributed by atoms with Gasteiger partial charge in [0.2, 0.25) is 0 Å². The van der Waals surface area contributed by atoms with Gasteiger partial charge in [0.25, 0.3) is 0 Å². The maximum atomic E-state index is 2.41. The Morgan fingerprint density at radius 3 is 1.03 bits per heavy atom. The SMILES string of the molecule is Cc1cc(-c2ccc(N(c3ccc(-c4ccccc4)cc3)c3cccc(C(C)C)c3)cc2)c2ccccc2c1-c1c(C)cc(-c2ccc(N(c3ccc(-c4ccccc4)cc3)c3cccc(C(C)(C)C)c3)cc2)c2ccccc12. The van der Waals surface area contributed by atoms with Crippen LogP contribution in [0.1, 0.15) is 62.8 Å². The molecule has 0 radical (unpaired) electrons. The van der Waals surface area contributed by atoms with E-state index >= 15 is 0 Å². The van der Waals surface area contributed by atoms with Crippen molar-refractivity contribution >= 4 is 55.7 Å². The first kappa shape index (κ1) is 50.6. The molecule has 0 N–H and O–H groups in total. The zero-order chi connectivity index (χ0) is 54.2. The lowest BCUT2D eigenvalue weighted by atomic mass is 9.83. The molecular formula is C77H66N2. The molecule has 0 aliphatic carbocycles. The Bertz CT molecular complexity index is 4110. The van der Waals surface area contributed by atoms with E-state index in [-0.39, 0.29) is 5.41 Å². The molecule has 12 rings (SSSR count). The van der Waals surface area contributed by atoms with Crippen molar-refractivity contribution in [1.82, 2.24) is 0 Å². The molecule has 0 unspecified atom stereocenters. The van der Waals surface area contributed by atoms with E-state index < -0.39 is 0 Å². The van der Waals surface area contributed by atoms with Gasteiger partial charge in [0.1, 0.15) is 0 Å². The van der Waals surface area contributed by atoms with Gasteiger partial charge in [-0.1, -0.05) is 229 Å². The average Bonchev–Trinajstić information content (AvgIpc) is 3.57. The standard InChI is InChI=1S/C77H66N2/c1-52(2)61-24-18-26-67(50-61)78(63-40-32-57(33-41-63)55-20-10-8-11-21-55)65-44-36-59(37-45-65)73-48-53(3)75(71-30-16-14-28-69(71)73)76-54(4)49-74(70-29-15-17-31-72(70)76)60-38-46-66(47-39-60)79(68-27-19-25-62(51-68)77(5,6)7)64-42-34-58(35-43-64)56-22-12-9-13-23-56/h8-52H,1-7H3. The Hall–Kier alpha value is -9.24. The second-order valence-electron chi connectivity index (χ2n) is 22.5. The fourth-order valence-corrected chi connectivity index (χ4v) is 11.6. The first-order valence-corrected chi connectivity index (χ1v) is 27.8. The van der Waals surface area contributed by atoms with Crippen molar-refractivity contribution in [2.45, 2.75) is 59.8 Å². The van der Waals surface area contributed by atoms with Gasteiger partial charge in [-0.3, -0.25) is 0 Å². The molecule has 2 nitrogen and oxygen atoms in total. The zero-order valence-electron chi connectivity index (χ0n) is 46.4. The first-order chi connectivity index (χ1) is 38.5. The molecule has 0 saturated carbocycles. The number of anilines is 6. The largest absolute Gasteiger partial charge is 0.310 e. The van der Waals surface area contributed by atoms with Crippen LogP contribution in [0.4, 0.5) is 34.1 Å². The lowest BCUT2D eigenvalue weighted by Crippen LogP contribution is -2.14. The highest BCUT2D eigenvalue weighted by Crippen LogP contribution is 2.47. The molecule has 0 spiro atoms. The monoisotopic (exact) mass is 1020 g/mol. The number of fused-ring (bicyclic) bond motifs is 2. The van der Waals surface area contributed by atoms with E-state index in [1.807, 2.05) is 0 Å². The van der Waals surface area contributed by atoms with E-state index in [1.165, 1.54) is 99.4 Å². The predicted octanol–water partition coefficient (Wildman–Crippen LogP) is 22.3. The van der Waals surface area contributed by atoms with E-state index in [0.717, 1.165) is 34.1 Å². The van der Waals surface area contributed by atoms with E-state index in [2.05, 4.69) is 325 Å². The van der Waals surface area contributed by atoms with Crippen LogP contribution in [0.25, 0.3) is 77.2 Å². The Balaban J connectivity index is 0.903. The topological polar surface area (TPSA) is 6.48 Å². The Morgan fingerprint density at radius 2 is 0.633 bits per heavy atom. The van der Waals surface area contributed by atoms with Crippen molar-refractivity contribution in [2.75, 3.05) is 9.80 Å². The number of rotatable bonds is 12. The van der Waals surface area contributed by atoms with Crippen LogP contribution in [-0.2, 0) is 5.41 Å². The Kier molecular flexibility index (Phi) is 13.6. The van der Waals surface area contributed by atoms with Crippen LogP contribution in [0.2, 0.25) is 0 Å². The predicted molar refractivity (Wildman–Crippen MR) is 340 cm³/mol. The normalized spacial score (nSPS) is 11.6. The van der Waals surface area contributed by atoms with Gasteiger partial charge in [0.05, 0.1) is 0 Å². The molecule has 0 aliphatic rings. The summed E-state index contributed by atoms with van der Waals surface area (Å²) in [4.78, 5) is 4.77. The molecule has 79 heavy (non-hydrogen) atoms. The minimum absolute atomic E-state index is 0.00945. The Labute approximate surface area is 467 Å². The molecule has 0 heterocycles. The third-order valence-electron chi connectivity index (χ3n) is 15.8. The molecule has 0 aliphatic heterocycles. The number of aryl methyl sites for hydroxylation is 2. The van der Waals surface area contributed by atoms with Crippen molar-refractivity contribution in [3.63, 3.8) is 0 Å². The van der Waals surface area contributed by atoms with Gasteiger partial charge in [-0.05, 0) is 197 Å². The summed E-state index contributed by atoms with van der Waals surface area (Å²) < 4.78 is 0. The second kappa shape index (κ2) is 21.3. The summed E-state index contributed by atoms with van der Waals surface area (Å²) in [5, 5.41) is 4.99. The molecule has 0 atom stereocenters. The van der Waals surface area contributed by atoms with E-state index in [0.29, 0.717) is 5.92 Å². The average molecular weight is 1020 g/mol. The summed E-state index contributed by atoms with van der Waals surface area (Å²) >= 11 is 0. The quantitative estimate of drug-likeness (QED) is 0.120. The van der Waals surface area contributed by atoms with Gasteiger partial charge in [0.15, 0.2) is 0 Å². The molecule has 12 aromatic rings. The summed E-state index contributed by atoms with van der Waals surface area (Å²) in [6.07, 6.45) is 0. The molecule has 0 aromatic heterocycles. The smallest absolute Gasteiger partial charge is 0.0464 e. The maximum absolute atomic E-state index is 2.41. The van der Waals surface area contributed by atoms with Crippen LogP contribution in [0.15, 0.2) is 267 Å². The highest BCUT2D eigenvalue weighted by molar-refractivity contribution is 6.14. The number of hydrogen-bond acceptors (Lipinski definition) is 2. The molecule has 12 aromatic carbocycles. The van der Waals surface area contributed by atoms with E-state index in [9.17, 15) is 0 Å². The Morgan fingerprint density at radius 1 is 0.291 bits per heavy atom. The fraction of sp³-hybridized carbons (Fsp3) is 0.117. The van der Waals surface area contributed by atoms with Crippen LogP contribution in [0, 0.1) is 13.8 Å². The van der Waals surface area contributed by atoms with Crippen LogP contribution in [0.3, 0.4) is 0 Å². The number of benzene rings is 12. The van der Waals surface area contributed by atoms with Crippen LogP contribution in [-0.4, -0.2) is 0 Å². The highest BCUT2D eigenvalue weighted by atomic mass is 15.1. The van der Waals surface area contributed by atoms with Crippen LogP contribution >= 0.6 is 0 Å². The molecule has 0 bridgehead atoms. The lowest BCUT2D eigenvalue weighted by molar-refractivity contribution is 0.590. The molecule has 0 amide bonds. The van der Waals surface area contributed by atoms with Gasteiger partial charge in [-0.2, -0.15) is 0 Å². The molecule has 2 heteroatoms. The van der Waals surface area contributed by atoms with Crippen molar-refractivity contribution in [3.05, 3.63) is 289 Å². The number of nitrogens with zero attached hydrogens (tertiary/aromatic N) is 2. The third kappa shape index (κ3) is 10.0. The summed E-state index contributed by atoms with van der Waals surface area (Å²) in [6, 6.07) is 98.3. The highest BCUT2D eigenvalue weighted by Gasteiger charge is 2.22. The summed E-state index contributed by atoms with van der Waals surface area (Å²) in [6.45, 7) is 16.0. The van der Waals surface area contributed by atoms with Crippen LogP contribution < -0.4 is 9.80 Å². The van der Waals surface area contributed by atoms with Gasteiger partial charge in [-0.25, -0.2) is 0 Å². The first-order valence-electron chi connectivity index (χ1n) is 27.8. The minimum Gasteiger partial charge on any atom is -0.310 e. The minimum atomic E-state index is 0.00945. The van der Waals surface area contributed by atoms with Crippen molar-refractivity contribution in [1.29, 1.82) is 0 Å². The number of hydrogen-bond donors (Lipinski definition) is 0. The van der Waals surface area contributed by atoms with Crippen molar-refractivity contribution in [2.24, 2.45) is 0 Å². The zero-order valence-corrected chi connectivity index (χ0v) is 46.4. The molecular weight excluding hydrogens is 953 g/mol. The van der Waals surface area contributed by atoms with Crippen LogP contribution in [0.5, 0.6) is 0 Å². The van der Waals surface area contributed by atoms with E-state index in [1.54, 1.807) is 0 Å². The second-order valence-corrected chi connectivity index (χ2v) is 22.5. The summed E-state index contributed by atoms with van der Waals surface area (Å²) in [5.74, 6) is 0.414. The van der Waals surface area contributed by atoms with E-state index in [4.69, 9.17) is 0 Å². The van der Waals surface area contributed by atoms with Gasteiger partial charge in [0, 0.05) is 34.1 Å². The molecule has 0 fully saturated rings.